The van der Waals surface area contributed by atoms with E-state index in [9.17, 15) is 22.8 Å². The molecule has 0 amide bonds. The van der Waals surface area contributed by atoms with Gasteiger partial charge in [0.1, 0.15) is 6.61 Å². The second-order valence-electron chi connectivity index (χ2n) is 13.6. The van der Waals surface area contributed by atoms with Crippen molar-refractivity contribution in [2.75, 3.05) is 31.7 Å². The Bertz CT molecular complexity index is 1370. The van der Waals surface area contributed by atoms with Gasteiger partial charge in [0, 0.05) is 56.5 Å². The van der Waals surface area contributed by atoms with Crippen molar-refractivity contribution in [1.29, 1.82) is 0 Å². The third-order valence-electron chi connectivity index (χ3n) is 11.2. The van der Waals surface area contributed by atoms with Crippen molar-refractivity contribution < 1.29 is 27.5 Å². The zero-order chi connectivity index (χ0) is 30.4. The van der Waals surface area contributed by atoms with E-state index in [1.54, 1.807) is 13.2 Å². The lowest BCUT2D eigenvalue weighted by atomic mass is 9.50. The first kappa shape index (κ1) is 30.2. The number of hydrogen-bond acceptors (Lipinski definition) is 4. The first-order valence-corrected chi connectivity index (χ1v) is 16.0. The molecule has 43 heavy (non-hydrogen) atoms. The smallest absolute Gasteiger partial charge is 0.377 e. The van der Waals surface area contributed by atoms with E-state index in [4.69, 9.17) is 4.74 Å². The highest BCUT2D eigenvalue weighted by Gasteiger charge is 2.58. The number of ether oxygens (including phenoxy) is 1. The predicted octanol–water partition coefficient (Wildman–Crippen LogP) is 7.59. The van der Waals surface area contributed by atoms with Crippen LogP contribution in [0.3, 0.4) is 0 Å². The Labute approximate surface area is 253 Å². The number of methoxy groups -OCH3 is 1. The largest absolute Gasteiger partial charge is 0.457 e. The number of hydrogen-bond donors (Lipinski definition) is 0. The van der Waals surface area contributed by atoms with Gasteiger partial charge in [-0.1, -0.05) is 30.6 Å². The first-order valence-electron chi connectivity index (χ1n) is 16.0. The van der Waals surface area contributed by atoms with E-state index in [0.717, 1.165) is 37.9 Å². The normalized spacial score (nSPS) is 32.3. The number of rotatable bonds is 6. The molecule has 1 saturated heterocycles. The molecule has 230 valence electrons. The summed E-state index contributed by atoms with van der Waals surface area (Å²) >= 11 is 0. The third kappa shape index (κ3) is 5.84. The van der Waals surface area contributed by atoms with Crippen LogP contribution >= 0.6 is 0 Å². The van der Waals surface area contributed by atoms with Crippen LogP contribution in [0.25, 0.3) is 0 Å². The molecule has 0 radical (unpaired) electrons. The van der Waals surface area contributed by atoms with Crippen LogP contribution in [0.5, 0.6) is 0 Å². The maximum atomic E-state index is 13.4. The molecule has 4 nitrogen and oxygen atoms in total. The molecule has 6 rings (SSSR count). The fraction of sp³-hybridized carbons (Fsp3) is 0.611. The van der Waals surface area contributed by atoms with Crippen molar-refractivity contribution >= 4 is 17.3 Å². The van der Waals surface area contributed by atoms with Crippen LogP contribution in [-0.4, -0.2) is 44.5 Å². The second kappa shape index (κ2) is 11.9. The zero-order valence-electron chi connectivity index (χ0n) is 25.3. The van der Waals surface area contributed by atoms with Crippen molar-refractivity contribution in [3.8, 4) is 11.8 Å². The minimum Gasteiger partial charge on any atom is -0.377 e. The van der Waals surface area contributed by atoms with Gasteiger partial charge in [0.2, 0.25) is 0 Å². The number of carbonyl (C=O) groups excluding carboxylic acids is 2. The number of alkyl halides is 3. The van der Waals surface area contributed by atoms with E-state index < -0.39 is 6.18 Å². The molecule has 0 bridgehead atoms. The van der Waals surface area contributed by atoms with Crippen molar-refractivity contribution in [1.82, 2.24) is 0 Å². The summed E-state index contributed by atoms with van der Waals surface area (Å²) in [7, 11) is 1.56. The van der Waals surface area contributed by atoms with Gasteiger partial charge in [-0.2, -0.15) is 13.2 Å². The van der Waals surface area contributed by atoms with E-state index in [-0.39, 0.29) is 59.6 Å². The highest BCUT2D eigenvalue weighted by Crippen LogP contribution is 2.66. The molecule has 1 heterocycles. The summed E-state index contributed by atoms with van der Waals surface area (Å²) in [5.41, 5.74) is 5.67. The lowest BCUT2D eigenvalue weighted by Crippen LogP contribution is -2.46. The van der Waals surface area contributed by atoms with Crippen molar-refractivity contribution in [2.24, 2.45) is 29.1 Å². The topological polar surface area (TPSA) is 46.6 Å². The van der Waals surface area contributed by atoms with Crippen LogP contribution in [0.4, 0.5) is 18.9 Å². The van der Waals surface area contributed by atoms with Gasteiger partial charge < -0.3 is 9.64 Å². The summed E-state index contributed by atoms with van der Waals surface area (Å²) in [6.07, 6.45) is 5.22. The second-order valence-corrected chi connectivity index (χ2v) is 13.6. The predicted molar refractivity (Wildman–Crippen MR) is 160 cm³/mol. The Hall–Kier alpha value is -2.85. The third-order valence-corrected chi connectivity index (χ3v) is 11.2. The maximum absolute atomic E-state index is 13.4. The van der Waals surface area contributed by atoms with E-state index in [1.807, 2.05) is 0 Å². The SMILES string of the molecule is COCC(=O)[C@H]1CC[C@H]2[C@@H]3CC(CC#CC(F)(F)F)C4=CC(=O)CCC4=C3[C@@H](c3ccc(N4CCCCC4)cc3)C[C@]12C. The Morgan fingerprint density at radius 3 is 2.53 bits per heavy atom. The van der Waals surface area contributed by atoms with Crippen molar-refractivity contribution in [2.45, 2.75) is 83.2 Å². The van der Waals surface area contributed by atoms with Crippen LogP contribution in [0.15, 0.2) is 47.1 Å². The van der Waals surface area contributed by atoms with Gasteiger partial charge in [-0.05, 0) is 109 Å². The Balaban J connectivity index is 1.43. The number of nitrogens with zero attached hydrogens (tertiary/aromatic N) is 1. The van der Waals surface area contributed by atoms with E-state index >= 15 is 0 Å². The van der Waals surface area contributed by atoms with E-state index in [0.29, 0.717) is 19.3 Å². The molecule has 4 aliphatic carbocycles. The van der Waals surface area contributed by atoms with Crippen LogP contribution in [0.1, 0.15) is 82.6 Å². The number of piperidine rings is 1. The van der Waals surface area contributed by atoms with Gasteiger partial charge in [0.25, 0.3) is 0 Å². The molecule has 2 saturated carbocycles. The molecule has 1 aromatic rings. The summed E-state index contributed by atoms with van der Waals surface area (Å²) in [4.78, 5) is 28.5. The number of Topliss-reactive ketones (excluding diaryl/α,β-unsaturated/α-hetero) is 1. The molecule has 1 unspecified atom stereocenters. The first-order chi connectivity index (χ1) is 20.6. The van der Waals surface area contributed by atoms with Crippen LogP contribution in [0, 0.1) is 40.9 Å². The average molecular weight is 594 g/mol. The number of allylic oxidation sites excluding steroid dienone is 4. The van der Waals surface area contributed by atoms with Gasteiger partial charge >= 0.3 is 6.18 Å². The lowest BCUT2D eigenvalue weighted by Gasteiger charge is -2.53. The quantitative estimate of drug-likeness (QED) is 0.319. The van der Waals surface area contributed by atoms with Gasteiger partial charge in [-0.25, -0.2) is 0 Å². The number of fused-ring (bicyclic) bond motifs is 4. The highest BCUT2D eigenvalue weighted by atomic mass is 19.4. The van der Waals surface area contributed by atoms with E-state index in [1.165, 1.54) is 47.6 Å². The number of anilines is 1. The van der Waals surface area contributed by atoms with Crippen molar-refractivity contribution in [3.63, 3.8) is 0 Å². The molecular formula is C36H42F3NO3. The molecular weight excluding hydrogens is 551 g/mol. The number of benzene rings is 1. The molecule has 3 fully saturated rings. The number of halogens is 3. The molecule has 0 spiro atoms. The van der Waals surface area contributed by atoms with Gasteiger partial charge in [0.05, 0.1) is 0 Å². The monoisotopic (exact) mass is 593 g/mol. The lowest BCUT2D eigenvalue weighted by molar-refractivity contribution is -0.131. The molecule has 1 aromatic carbocycles. The summed E-state index contributed by atoms with van der Waals surface area (Å²) in [5, 5.41) is 0. The fourth-order valence-electron chi connectivity index (χ4n) is 9.41. The fourth-order valence-corrected chi connectivity index (χ4v) is 9.41. The molecule has 0 aromatic heterocycles. The molecule has 1 aliphatic heterocycles. The Morgan fingerprint density at radius 2 is 1.84 bits per heavy atom. The van der Waals surface area contributed by atoms with Gasteiger partial charge in [-0.3, -0.25) is 9.59 Å². The maximum Gasteiger partial charge on any atom is 0.457 e. The van der Waals surface area contributed by atoms with Gasteiger partial charge in [0.15, 0.2) is 11.6 Å². The Kier molecular flexibility index (Phi) is 8.37. The van der Waals surface area contributed by atoms with E-state index in [2.05, 4.69) is 42.0 Å². The molecule has 0 N–H and O–H groups in total. The van der Waals surface area contributed by atoms with Crippen molar-refractivity contribution in [3.05, 3.63) is 52.6 Å². The standard InChI is InChI=1S/C36H42F3NO3/c1-35-21-30(23-8-10-25(11-9-23)40-17-4-3-5-18-40)34-27-13-12-26(41)20-28(27)24(7-6-16-36(37,38)39)19-29(34)31(35)14-15-32(35)33(42)22-43-2/h8-11,20,24,29-32H,3-5,7,12-15,17-19,21-22H2,1-2H3/t24?,29-,30+,31-,32+,35-/m0/s1. The van der Waals surface area contributed by atoms with Crippen LogP contribution in [-0.2, 0) is 14.3 Å². The summed E-state index contributed by atoms with van der Waals surface area (Å²) < 4.78 is 44.2. The van der Waals surface area contributed by atoms with Crippen LogP contribution < -0.4 is 4.90 Å². The molecule has 5 aliphatic rings. The average Bonchev–Trinajstić information content (AvgIpc) is 3.34. The summed E-state index contributed by atoms with van der Waals surface area (Å²) in [5.74, 6) is 4.22. The Morgan fingerprint density at radius 1 is 1.09 bits per heavy atom. The molecule has 7 heteroatoms. The number of ketones is 2. The summed E-state index contributed by atoms with van der Waals surface area (Å²) in [6, 6.07) is 8.97. The zero-order valence-corrected chi connectivity index (χ0v) is 25.3. The minimum absolute atomic E-state index is 0.0424. The van der Waals surface area contributed by atoms with Gasteiger partial charge in [-0.15, -0.1) is 0 Å². The highest BCUT2D eigenvalue weighted by molar-refractivity contribution is 5.93. The minimum atomic E-state index is -4.54. The molecule has 6 atom stereocenters. The van der Waals surface area contributed by atoms with Crippen LogP contribution in [0.2, 0.25) is 0 Å². The summed E-state index contributed by atoms with van der Waals surface area (Å²) in [6.45, 7) is 4.52. The number of carbonyl (C=O) groups is 2.